The third kappa shape index (κ3) is 18.6. The molecule has 0 heterocycles. The van der Waals surface area contributed by atoms with Crippen LogP contribution in [0.25, 0.3) is 0 Å². The van der Waals surface area contributed by atoms with Gasteiger partial charge >= 0.3 is 5.97 Å². The molecule has 0 radical (unpaired) electrons. The Balaban J connectivity index is 0. The minimum atomic E-state index is -0.230. The number of amides is 1. The van der Waals surface area contributed by atoms with E-state index in [1.165, 1.54) is 0 Å². The van der Waals surface area contributed by atoms with Gasteiger partial charge in [-0.15, -0.1) is 0 Å². The lowest BCUT2D eigenvalue weighted by molar-refractivity contribution is -0.144. The zero-order chi connectivity index (χ0) is 12.8. The maximum atomic E-state index is 10.5. The van der Waals surface area contributed by atoms with Gasteiger partial charge in [0.15, 0.2) is 0 Å². The van der Waals surface area contributed by atoms with Crippen molar-refractivity contribution in [1.29, 1.82) is 0 Å². The normalized spacial score (nSPS) is 8.94. The lowest BCUT2D eigenvalue weighted by Gasteiger charge is -1.98. The van der Waals surface area contributed by atoms with Gasteiger partial charge in [0.05, 0.1) is 6.61 Å². The summed E-state index contributed by atoms with van der Waals surface area (Å²) in [6, 6.07) is 0. The molecule has 0 saturated carbocycles. The highest BCUT2D eigenvalue weighted by Crippen LogP contribution is 1.90. The average molecular weight is 233 g/mol. The van der Waals surface area contributed by atoms with Crippen molar-refractivity contribution in [3.05, 3.63) is 0 Å². The minimum absolute atomic E-state index is 0.0878. The molecular formula is C11H23NO4. The van der Waals surface area contributed by atoms with Crippen molar-refractivity contribution in [2.75, 3.05) is 13.2 Å². The monoisotopic (exact) mass is 233 g/mol. The molecule has 0 aliphatic rings. The molecule has 0 saturated heterocycles. The SMILES string of the molecule is CCCC(=O)OCCO.CCCCC(N)=O. The number of primary amides is 1. The minimum Gasteiger partial charge on any atom is -0.463 e. The fraction of sp³-hybridized carbons (Fsp3) is 0.818. The van der Waals surface area contributed by atoms with E-state index in [0.717, 1.165) is 19.3 Å². The van der Waals surface area contributed by atoms with Crippen LogP contribution in [0.3, 0.4) is 0 Å². The summed E-state index contributed by atoms with van der Waals surface area (Å²) in [7, 11) is 0. The van der Waals surface area contributed by atoms with Crippen LogP contribution < -0.4 is 5.73 Å². The number of esters is 1. The summed E-state index contributed by atoms with van der Waals surface area (Å²) < 4.78 is 4.54. The molecule has 16 heavy (non-hydrogen) atoms. The Labute approximate surface area is 97.0 Å². The zero-order valence-electron chi connectivity index (χ0n) is 10.2. The van der Waals surface area contributed by atoms with Crippen LogP contribution in [0.15, 0.2) is 0 Å². The van der Waals surface area contributed by atoms with E-state index in [-0.39, 0.29) is 25.1 Å². The molecule has 0 aliphatic heterocycles. The molecule has 0 spiro atoms. The summed E-state index contributed by atoms with van der Waals surface area (Å²) in [5.41, 5.74) is 4.84. The predicted molar refractivity (Wildman–Crippen MR) is 61.7 cm³/mol. The van der Waals surface area contributed by atoms with Gasteiger partial charge in [0.2, 0.25) is 5.91 Å². The van der Waals surface area contributed by atoms with E-state index in [2.05, 4.69) is 4.74 Å². The number of aliphatic hydroxyl groups is 1. The van der Waals surface area contributed by atoms with E-state index in [4.69, 9.17) is 10.8 Å². The van der Waals surface area contributed by atoms with Crippen molar-refractivity contribution < 1.29 is 19.4 Å². The van der Waals surface area contributed by atoms with Gasteiger partial charge in [-0.05, 0) is 12.8 Å². The molecule has 3 N–H and O–H groups in total. The van der Waals surface area contributed by atoms with Crippen molar-refractivity contribution in [3.8, 4) is 0 Å². The van der Waals surface area contributed by atoms with E-state index >= 15 is 0 Å². The van der Waals surface area contributed by atoms with Crippen molar-refractivity contribution >= 4 is 11.9 Å². The second kappa shape index (κ2) is 13.9. The number of rotatable bonds is 7. The van der Waals surface area contributed by atoms with Crippen molar-refractivity contribution in [1.82, 2.24) is 0 Å². The van der Waals surface area contributed by atoms with Crippen LogP contribution in [0.4, 0.5) is 0 Å². The largest absolute Gasteiger partial charge is 0.463 e. The lowest BCUT2D eigenvalue weighted by atomic mass is 10.2. The number of carbonyl (C=O) groups excluding carboxylic acids is 2. The van der Waals surface area contributed by atoms with Gasteiger partial charge in [0, 0.05) is 12.8 Å². The average Bonchev–Trinajstić information content (AvgIpc) is 2.25. The Bertz CT molecular complexity index is 183. The first-order valence-corrected chi connectivity index (χ1v) is 5.63. The smallest absolute Gasteiger partial charge is 0.305 e. The number of carbonyl (C=O) groups is 2. The molecule has 96 valence electrons. The van der Waals surface area contributed by atoms with E-state index in [0.29, 0.717) is 12.8 Å². The zero-order valence-corrected chi connectivity index (χ0v) is 10.2. The number of ether oxygens (including phenoxy) is 1. The van der Waals surface area contributed by atoms with Crippen molar-refractivity contribution in [2.45, 2.75) is 46.0 Å². The van der Waals surface area contributed by atoms with Crippen LogP contribution in [-0.4, -0.2) is 30.2 Å². The van der Waals surface area contributed by atoms with Crippen LogP contribution in [-0.2, 0) is 14.3 Å². The summed E-state index contributed by atoms with van der Waals surface area (Å²) >= 11 is 0. The standard InChI is InChI=1S/C6H12O3.C5H11NO/c1-2-3-6(8)9-5-4-7;1-2-3-4-5(6)7/h7H,2-5H2,1H3;2-4H2,1H3,(H2,6,7). The van der Waals surface area contributed by atoms with Crippen LogP contribution in [0.5, 0.6) is 0 Å². The Kier molecular flexibility index (Phi) is 15.0. The van der Waals surface area contributed by atoms with Crippen molar-refractivity contribution in [3.63, 3.8) is 0 Å². The Morgan fingerprint density at radius 2 is 1.81 bits per heavy atom. The highest BCUT2D eigenvalue weighted by atomic mass is 16.5. The fourth-order valence-electron chi connectivity index (χ4n) is 0.787. The van der Waals surface area contributed by atoms with Crippen molar-refractivity contribution in [2.24, 2.45) is 5.73 Å². The van der Waals surface area contributed by atoms with E-state index in [1.807, 2.05) is 13.8 Å². The fourth-order valence-corrected chi connectivity index (χ4v) is 0.787. The summed E-state index contributed by atoms with van der Waals surface area (Å²) in [5.74, 6) is -0.423. The number of hydrogen-bond acceptors (Lipinski definition) is 4. The van der Waals surface area contributed by atoms with Crippen LogP contribution >= 0.6 is 0 Å². The third-order valence-corrected chi connectivity index (χ3v) is 1.59. The molecule has 0 aromatic rings. The van der Waals surface area contributed by atoms with Gasteiger partial charge in [-0.1, -0.05) is 20.3 Å². The second-order valence-corrected chi connectivity index (χ2v) is 3.26. The Hall–Kier alpha value is -1.10. The van der Waals surface area contributed by atoms with Gasteiger partial charge in [0.1, 0.15) is 6.61 Å². The molecule has 0 aromatic heterocycles. The molecule has 0 unspecified atom stereocenters. The van der Waals surface area contributed by atoms with Crippen LogP contribution in [0.2, 0.25) is 0 Å². The molecule has 5 heteroatoms. The molecule has 0 fully saturated rings. The molecule has 5 nitrogen and oxygen atoms in total. The Morgan fingerprint density at radius 1 is 1.19 bits per heavy atom. The molecule has 0 aliphatic carbocycles. The van der Waals surface area contributed by atoms with Gasteiger partial charge in [-0.25, -0.2) is 0 Å². The van der Waals surface area contributed by atoms with Crippen LogP contribution in [0, 0.1) is 0 Å². The maximum absolute atomic E-state index is 10.5. The van der Waals surface area contributed by atoms with Gasteiger partial charge in [-0.2, -0.15) is 0 Å². The second-order valence-electron chi connectivity index (χ2n) is 3.26. The topological polar surface area (TPSA) is 89.6 Å². The van der Waals surface area contributed by atoms with Gasteiger partial charge < -0.3 is 15.6 Å². The molecule has 0 aromatic carbocycles. The summed E-state index contributed by atoms with van der Waals surface area (Å²) in [6.07, 6.45) is 3.75. The first kappa shape index (κ1) is 17.3. The molecular weight excluding hydrogens is 210 g/mol. The van der Waals surface area contributed by atoms with E-state index < -0.39 is 0 Å². The van der Waals surface area contributed by atoms with Gasteiger partial charge in [0.25, 0.3) is 0 Å². The molecule has 0 atom stereocenters. The summed E-state index contributed by atoms with van der Waals surface area (Å²) in [4.78, 5) is 20.4. The third-order valence-electron chi connectivity index (χ3n) is 1.59. The number of nitrogens with two attached hydrogens (primary N) is 1. The van der Waals surface area contributed by atoms with Gasteiger partial charge in [-0.3, -0.25) is 9.59 Å². The highest BCUT2D eigenvalue weighted by molar-refractivity contribution is 5.73. The summed E-state index contributed by atoms with van der Waals surface area (Å²) in [6.45, 7) is 3.97. The Morgan fingerprint density at radius 3 is 2.12 bits per heavy atom. The number of aliphatic hydroxyl groups excluding tert-OH is 1. The first-order chi connectivity index (χ1) is 7.58. The molecule has 0 bridgehead atoms. The van der Waals surface area contributed by atoms with E-state index in [9.17, 15) is 9.59 Å². The maximum Gasteiger partial charge on any atom is 0.305 e. The lowest BCUT2D eigenvalue weighted by Crippen LogP contribution is -2.09. The van der Waals surface area contributed by atoms with E-state index in [1.54, 1.807) is 0 Å². The predicted octanol–water partition coefficient (Wildman–Crippen LogP) is 0.984. The highest BCUT2D eigenvalue weighted by Gasteiger charge is 1.97. The number of unbranched alkanes of at least 4 members (excludes halogenated alkanes) is 1. The number of hydrogen-bond donors (Lipinski definition) is 2. The van der Waals surface area contributed by atoms with Crippen LogP contribution in [0.1, 0.15) is 46.0 Å². The molecule has 0 rings (SSSR count). The first-order valence-electron chi connectivity index (χ1n) is 5.63. The molecule has 1 amide bonds. The quantitative estimate of drug-likeness (QED) is 0.641. The summed E-state index contributed by atoms with van der Waals surface area (Å²) in [5, 5.41) is 8.21.